The first kappa shape index (κ1) is 14.8. The maximum absolute atomic E-state index is 11.5. The van der Waals surface area contributed by atoms with Crippen LogP contribution in [-0.4, -0.2) is 24.6 Å². The van der Waals surface area contributed by atoms with Crippen LogP contribution in [-0.2, 0) is 14.3 Å². The molecule has 0 unspecified atom stereocenters. The molecule has 1 rings (SSSR count). The monoisotopic (exact) mass is 260 g/mol. The Balaban J connectivity index is 2.95. The van der Waals surface area contributed by atoms with Gasteiger partial charge in [-0.2, -0.15) is 0 Å². The van der Waals surface area contributed by atoms with E-state index in [-0.39, 0.29) is 0 Å². The third kappa shape index (κ3) is 4.84. The van der Waals surface area contributed by atoms with Crippen molar-refractivity contribution in [2.24, 2.45) is 0 Å². The molecule has 0 atom stereocenters. The highest BCUT2D eigenvalue weighted by Gasteiger charge is 2.14. The Morgan fingerprint density at radius 1 is 1.16 bits per heavy atom. The lowest BCUT2D eigenvalue weighted by Gasteiger charge is -2.16. The second-order valence-corrected chi connectivity index (χ2v) is 4.79. The van der Waals surface area contributed by atoms with E-state index >= 15 is 0 Å². The van der Waals surface area contributed by atoms with Crippen LogP contribution >= 0.6 is 0 Å². The molecule has 0 aromatic heterocycles. The summed E-state index contributed by atoms with van der Waals surface area (Å²) in [4.78, 5) is 23.0. The molecule has 0 radical (unpaired) electrons. The molecule has 0 aliphatic rings. The quantitative estimate of drug-likeness (QED) is 0.573. The van der Waals surface area contributed by atoms with Crippen molar-refractivity contribution < 1.29 is 19.1 Å². The summed E-state index contributed by atoms with van der Waals surface area (Å²) >= 11 is 0. The van der Waals surface area contributed by atoms with Gasteiger partial charge in [0.2, 0.25) is 0 Å². The highest BCUT2D eigenvalue weighted by molar-refractivity contribution is 5.94. The molecule has 0 saturated carbocycles. The minimum absolute atomic E-state index is 0.320. The summed E-state index contributed by atoms with van der Waals surface area (Å²) in [5.74, 6) is 3.86. The molecule has 0 fully saturated rings. The van der Waals surface area contributed by atoms with Crippen molar-refractivity contribution in [1.82, 2.24) is 0 Å². The zero-order valence-corrected chi connectivity index (χ0v) is 11.4. The van der Waals surface area contributed by atoms with E-state index in [1.807, 2.05) is 0 Å². The summed E-state index contributed by atoms with van der Waals surface area (Å²) in [7, 11) is 1.29. The number of hydrogen-bond acceptors (Lipinski definition) is 4. The molecule has 0 aliphatic heterocycles. The maximum Gasteiger partial charge on any atom is 0.385 e. The van der Waals surface area contributed by atoms with E-state index in [9.17, 15) is 9.59 Å². The first-order chi connectivity index (χ1) is 8.83. The lowest BCUT2D eigenvalue weighted by atomic mass is 10.1. The van der Waals surface area contributed by atoms with Crippen molar-refractivity contribution in [1.29, 1.82) is 0 Å². The van der Waals surface area contributed by atoms with Gasteiger partial charge in [-0.25, -0.2) is 9.59 Å². The number of esters is 2. The van der Waals surface area contributed by atoms with E-state index in [0.717, 1.165) is 0 Å². The number of carbonyl (C=O) groups is 2. The Labute approximate surface area is 112 Å². The maximum atomic E-state index is 11.5. The van der Waals surface area contributed by atoms with Crippen molar-refractivity contribution in [3.05, 3.63) is 35.4 Å². The van der Waals surface area contributed by atoms with E-state index in [0.29, 0.717) is 11.1 Å². The fourth-order valence-electron chi connectivity index (χ4n) is 1.30. The normalized spacial score (nSPS) is 10.1. The third-order valence-electron chi connectivity index (χ3n) is 2.03. The highest BCUT2D eigenvalue weighted by atomic mass is 16.6. The van der Waals surface area contributed by atoms with Crippen LogP contribution < -0.4 is 0 Å². The molecule has 0 amide bonds. The van der Waals surface area contributed by atoms with E-state index < -0.39 is 17.5 Å². The van der Waals surface area contributed by atoms with Gasteiger partial charge in [0.05, 0.1) is 12.7 Å². The Morgan fingerprint density at radius 2 is 1.79 bits per heavy atom. The van der Waals surface area contributed by atoms with Gasteiger partial charge in [-0.3, -0.25) is 0 Å². The molecular formula is C15H16O4. The minimum Gasteiger partial charge on any atom is -0.465 e. The summed E-state index contributed by atoms with van der Waals surface area (Å²) in [5, 5.41) is 0. The summed E-state index contributed by atoms with van der Waals surface area (Å²) in [6.45, 7) is 5.28. The SMILES string of the molecule is COC(=O)c1ccccc1C#CC(=O)OC(C)(C)C. The van der Waals surface area contributed by atoms with Crippen LogP contribution in [0.1, 0.15) is 36.7 Å². The van der Waals surface area contributed by atoms with E-state index in [4.69, 9.17) is 4.74 Å². The smallest absolute Gasteiger partial charge is 0.385 e. The number of rotatable bonds is 1. The van der Waals surface area contributed by atoms with Crippen LogP contribution in [0.2, 0.25) is 0 Å². The molecule has 0 N–H and O–H groups in total. The summed E-state index contributed by atoms with van der Waals surface area (Å²) in [6, 6.07) is 6.66. The molecule has 0 saturated heterocycles. The zero-order chi connectivity index (χ0) is 14.5. The molecule has 0 aliphatic carbocycles. The van der Waals surface area contributed by atoms with Gasteiger partial charge in [0.15, 0.2) is 0 Å². The van der Waals surface area contributed by atoms with Crippen molar-refractivity contribution in [3.8, 4) is 11.8 Å². The lowest BCUT2D eigenvalue weighted by Crippen LogP contribution is -2.22. The molecule has 1 aromatic rings. The zero-order valence-electron chi connectivity index (χ0n) is 11.4. The van der Waals surface area contributed by atoms with E-state index in [1.165, 1.54) is 7.11 Å². The van der Waals surface area contributed by atoms with Crippen LogP contribution in [0.15, 0.2) is 24.3 Å². The molecule has 100 valence electrons. The van der Waals surface area contributed by atoms with Gasteiger partial charge < -0.3 is 9.47 Å². The Kier molecular flexibility index (Phi) is 4.71. The second-order valence-electron chi connectivity index (χ2n) is 4.79. The van der Waals surface area contributed by atoms with E-state index in [2.05, 4.69) is 16.6 Å². The second kappa shape index (κ2) is 6.05. The van der Waals surface area contributed by atoms with Crippen molar-refractivity contribution >= 4 is 11.9 Å². The lowest BCUT2D eigenvalue weighted by molar-refractivity contribution is -0.147. The highest BCUT2D eigenvalue weighted by Crippen LogP contribution is 2.09. The van der Waals surface area contributed by atoms with E-state index in [1.54, 1.807) is 45.0 Å². The van der Waals surface area contributed by atoms with Gasteiger partial charge in [0.1, 0.15) is 5.60 Å². The third-order valence-corrected chi connectivity index (χ3v) is 2.03. The fraction of sp³-hybridized carbons (Fsp3) is 0.333. The molecule has 1 aromatic carbocycles. The molecule has 0 bridgehead atoms. The van der Waals surface area contributed by atoms with Crippen LogP contribution in [0.4, 0.5) is 0 Å². The Morgan fingerprint density at radius 3 is 2.37 bits per heavy atom. The minimum atomic E-state index is -0.632. The Bertz CT molecular complexity index is 541. The number of ether oxygens (including phenoxy) is 2. The van der Waals surface area contributed by atoms with Gasteiger partial charge >= 0.3 is 11.9 Å². The van der Waals surface area contributed by atoms with Crippen LogP contribution in [0.5, 0.6) is 0 Å². The topological polar surface area (TPSA) is 52.6 Å². The van der Waals surface area contributed by atoms with Gasteiger partial charge in [-0.15, -0.1) is 0 Å². The predicted octanol–water partition coefficient (Wildman–Crippen LogP) is 2.17. The molecule has 4 heteroatoms. The van der Waals surface area contributed by atoms with Crippen LogP contribution in [0.25, 0.3) is 0 Å². The number of carbonyl (C=O) groups excluding carboxylic acids is 2. The molecular weight excluding hydrogens is 244 g/mol. The molecule has 19 heavy (non-hydrogen) atoms. The van der Waals surface area contributed by atoms with Crippen molar-refractivity contribution in [2.75, 3.05) is 7.11 Å². The summed E-state index contributed by atoms with van der Waals surface area (Å²) in [5.41, 5.74) is 0.162. The predicted molar refractivity (Wildman–Crippen MR) is 70.5 cm³/mol. The average Bonchev–Trinajstić information content (AvgIpc) is 2.33. The number of methoxy groups -OCH3 is 1. The number of benzene rings is 1. The van der Waals surface area contributed by atoms with Gasteiger partial charge in [0.25, 0.3) is 0 Å². The summed E-state index contributed by atoms with van der Waals surface area (Å²) in [6.07, 6.45) is 0. The molecule has 0 heterocycles. The largest absolute Gasteiger partial charge is 0.465 e. The fourth-order valence-corrected chi connectivity index (χ4v) is 1.30. The standard InChI is InChI=1S/C15H16O4/c1-15(2,3)19-13(16)10-9-11-7-5-6-8-12(11)14(17)18-4/h5-8H,1-4H3. The average molecular weight is 260 g/mol. The Hall–Kier alpha value is -2.28. The first-order valence-corrected chi connectivity index (χ1v) is 5.76. The molecule has 0 spiro atoms. The first-order valence-electron chi connectivity index (χ1n) is 5.76. The van der Waals surface area contributed by atoms with Crippen molar-refractivity contribution in [3.63, 3.8) is 0 Å². The van der Waals surface area contributed by atoms with Crippen molar-refractivity contribution in [2.45, 2.75) is 26.4 Å². The van der Waals surface area contributed by atoms with Gasteiger partial charge in [-0.05, 0) is 32.9 Å². The number of hydrogen-bond donors (Lipinski definition) is 0. The van der Waals surface area contributed by atoms with Gasteiger partial charge in [-0.1, -0.05) is 18.1 Å². The molecule has 4 nitrogen and oxygen atoms in total. The summed E-state index contributed by atoms with van der Waals surface area (Å²) < 4.78 is 9.70. The van der Waals surface area contributed by atoms with Gasteiger partial charge in [0, 0.05) is 11.5 Å². The van der Waals surface area contributed by atoms with Crippen LogP contribution in [0.3, 0.4) is 0 Å². The van der Waals surface area contributed by atoms with Crippen LogP contribution in [0, 0.1) is 11.8 Å².